The summed E-state index contributed by atoms with van der Waals surface area (Å²) in [4.78, 5) is 29.3. The Hall–Kier alpha value is -2.80. The summed E-state index contributed by atoms with van der Waals surface area (Å²) in [7, 11) is 0. The Bertz CT molecular complexity index is 981. The van der Waals surface area contributed by atoms with Gasteiger partial charge in [-0.25, -0.2) is 0 Å². The van der Waals surface area contributed by atoms with Gasteiger partial charge >= 0.3 is 0 Å². The monoisotopic (exact) mass is 441 g/mol. The van der Waals surface area contributed by atoms with E-state index in [2.05, 4.69) is 15.6 Å². The molecule has 3 aliphatic rings. The minimum atomic E-state index is -0.512. The normalized spacial score (nSPS) is 26.2. The van der Waals surface area contributed by atoms with E-state index in [1.165, 1.54) is 0 Å². The number of rotatable bonds is 4. The first-order chi connectivity index (χ1) is 15.0. The summed E-state index contributed by atoms with van der Waals surface area (Å²) in [5.41, 5.74) is 1.98. The van der Waals surface area contributed by atoms with Gasteiger partial charge in [-0.15, -0.1) is 0 Å². The van der Waals surface area contributed by atoms with Crippen LogP contribution >= 0.6 is 11.6 Å². The largest absolute Gasteiger partial charge is 0.480 e. The number of benzene rings is 1. The number of aromatic nitrogens is 1. The van der Waals surface area contributed by atoms with Gasteiger partial charge in [0.05, 0.1) is 6.20 Å². The highest BCUT2D eigenvalue weighted by molar-refractivity contribution is 6.30. The summed E-state index contributed by atoms with van der Waals surface area (Å²) in [6.07, 6.45) is 6.73. The zero-order chi connectivity index (χ0) is 21.4. The van der Waals surface area contributed by atoms with E-state index in [0.717, 1.165) is 42.6 Å². The zero-order valence-electron chi connectivity index (χ0n) is 17.0. The number of carbonyl (C=O) groups is 2. The Morgan fingerprint density at radius 3 is 2.13 bits per heavy atom. The van der Waals surface area contributed by atoms with Crippen molar-refractivity contribution in [2.45, 2.75) is 62.8 Å². The van der Waals surface area contributed by atoms with E-state index in [1.54, 1.807) is 18.5 Å². The van der Waals surface area contributed by atoms with Crippen molar-refractivity contribution in [3.05, 3.63) is 52.8 Å². The highest BCUT2D eigenvalue weighted by atomic mass is 35.5. The number of nitrogens with zero attached hydrogens (tertiary/aromatic N) is 1. The smallest absolute Gasteiger partial charge is 0.261 e. The topological polar surface area (TPSA) is 89.6 Å². The van der Waals surface area contributed by atoms with Gasteiger partial charge in [0.15, 0.2) is 12.2 Å². The first-order valence-electron chi connectivity index (χ1n) is 10.7. The molecule has 31 heavy (non-hydrogen) atoms. The van der Waals surface area contributed by atoms with Crippen LogP contribution in [0.4, 0.5) is 0 Å². The number of fused-ring (bicyclic) bond motifs is 2. The Balaban J connectivity index is 1.07. The van der Waals surface area contributed by atoms with E-state index in [1.807, 2.05) is 18.2 Å². The molecule has 0 bridgehead atoms. The zero-order valence-corrected chi connectivity index (χ0v) is 17.7. The van der Waals surface area contributed by atoms with Gasteiger partial charge in [0.2, 0.25) is 0 Å². The van der Waals surface area contributed by atoms with Gasteiger partial charge in [-0.1, -0.05) is 11.6 Å². The van der Waals surface area contributed by atoms with Crippen LogP contribution in [0.2, 0.25) is 5.02 Å². The van der Waals surface area contributed by atoms with Crippen LogP contribution in [0, 0.1) is 0 Å². The minimum absolute atomic E-state index is 0.0838. The summed E-state index contributed by atoms with van der Waals surface area (Å²) in [5, 5.41) is 6.86. The van der Waals surface area contributed by atoms with Crippen molar-refractivity contribution in [1.82, 2.24) is 15.6 Å². The van der Waals surface area contributed by atoms with Crippen LogP contribution in [-0.4, -0.2) is 41.1 Å². The molecule has 2 aromatic rings. The summed E-state index contributed by atoms with van der Waals surface area (Å²) >= 11 is 6.02. The molecule has 7 nitrogen and oxygen atoms in total. The minimum Gasteiger partial charge on any atom is -0.480 e. The van der Waals surface area contributed by atoms with Crippen LogP contribution in [0.1, 0.15) is 36.8 Å². The van der Waals surface area contributed by atoms with Crippen molar-refractivity contribution in [2.75, 3.05) is 0 Å². The number of nitrogens with one attached hydrogen (secondary N) is 2. The maximum absolute atomic E-state index is 12.6. The second-order valence-corrected chi connectivity index (χ2v) is 8.86. The molecular weight excluding hydrogens is 418 g/mol. The van der Waals surface area contributed by atoms with Crippen LogP contribution in [0.25, 0.3) is 0 Å². The Kier molecular flexibility index (Phi) is 5.44. The highest BCUT2D eigenvalue weighted by Gasteiger charge is 2.34. The van der Waals surface area contributed by atoms with Crippen molar-refractivity contribution in [1.29, 1.82) is 0 Å². The molecule has 162 valence electrons. The molecule has 2 atom stereocenters. The molecule has 2 unspecified atom stereocenters. The first-order valence-corrected chi connectivity index (χ1v) is 11.1. The van der Waals surface area contributed by atoms with Crippen LogP contribution in [0.3, 0.4) is 0 Å². The van der Waals surface area contributed by atoms with Crippen molar-refractivity contribution >= 4 is 23.4 Å². The fourth-order valence-electron chi connectivity index (χ4n) is 4.56. The number of halogens is 1. The quantitative estimate of drug-likeness (QED) is 0.761. The molecular formula is C23H24ClN3O4. The second kappa shape index (κ2) is 8.38. The summed E-state index contributed by atoms with van der Waals surface area (Å²) < 4.78 is 11.5. The molecule has 0 radical (unpaired) electrons. The van der Waals surface area contributed by atoms with Gasteiger partial charge < -0.3 is 20.1 Å². The first kappa shape index (κ1) is 20.1. The molecule has 2 aliphatic heterocycles. The molecule has 0 spiro atoms. The van der Waals surface area contributed by atoms with Crippen molar-refractivity contribution in [2.24, 2.45) is 0 Å². The molecule has 1 fully saturated rings. The van der Waals surface area contributed by atoms with Crippen molar-refractivity contribution in [3.8, 4) is 11.5 Å². The fourth-order valence-corrected chi connectivity index (χ4v) is 4.75. The lowest BCUT2D eigenvalue weighted by molar-refractivity contribution is -0.129. The molecule has 5 rings (SSSR count). The Labute approximate surface area is 185 Å². The van der Waals surface area contributed by atoms with Crippen LogP contribution in [0.5, 0.6) is 11.5 Å². The Morgan fingerprint density at radius 1 is 0.871 bits per heavy atom. The molecule has 2 amide bonds. The van der Waals surface area contributed by atoms with Crippen LogP contribution in [0.15, 0.2) is 36.7 Å². The number of carbonyl (C=O) groups excluding carboxylic acids is 2. The lowest BCUT2D eigenvalue weighted by Gasteiger charge is -2.30. The van der Waals surface area contributed by atoms with E-state index in [4.69, 9.17) is 21.1 Å². The van der Waals surface area contributed by atoms with E-state index < -0.39 is 12.2 Å². The van der Waals surface area contributed by atoms with Gasteiger partial charge in [-0.05, 0) is 55.5 Å². The average molecular weight is 442 g/mol. The van der Waals surface area contributed by atoms with Crippen molar-refractivity contribution in [3.63, 3.8) is 0 Å². The molecule has 3 heterocycles. The molecule has 1 aromatic carbocycles. The maximum Gasteiger partial charge on any atom is 0.261 e. The molecule has 2 N–H and O–H groups in total. The van der Waals surface area contributed by atoms with Crippen molar-refractivity contribution < 1.29 is 19.1 Å². The van der Waals surface area contributed by atoms with E-state index >= 15 is 0 Å². The van der Waals surface area contributed by atoms with Gasteiger partial charge in [-0.2, -0.15) is 0 Å². The molecule has 0 saturated heterocycles. The number of amides is 2. The third kappa shape index (κ3) is 4.32. The fraction of sp³-hybridized carbons (Fsp3) is 0.435. The van der Waals surface area contributed by atoms with E-state index in [-0.39, 0.29) is 23.9 Å². The SMILES string of the molecule is O=C(NC1CCC(NC(=O)C2Cc3ccncc3O2)CC1)C1Cc2cc(Cl)ccc2O1. The van der Waals surface area contributed by atoms with Gasteiger partial charge in [0, 0.05) is 41.7 Å². The maximum atomic E-state index is 12.6. The summed E-state index contributed by atoms with van der Waals surface area (Å²) in [6.45, 7) is 0. The van der Waals surface area contributed by atoms with Gasteiger partial charge in [0.25, 0.3) is 11.8 Å². The predicted molar refractivity (Wildman–Crippen MR) is 114 cm³/mol. The van der Waals surface area contributed by atoms with Crippen LogP contribution in [-0.2, 0) is 22.4 Å². The summed E-state index contributed by atoms with van der Waals surface area (Å²) in [5.74, 6) is 1.24. The lowest BCUT2D eigenvalue weighted by Crippen LogP contribution is -2.49. The third-order valence-corrected chi connectivity index (χ3v) is 6.48. The Morgan fingerprint density at radius 2 is 1.48 bits per heavy atom. The van der Waals surface area contributed by atoms with Gasteiger partial charge in [0.1, 0.15) is 11.5 Å². The highest BCUT2D eigenvalue weighted by Crippen LogP contribution is 2.31. The molecule has 8 heteroatoms. The average Bonchev–Trinajstić information content (AvgIpc) is 3.39. The number of hydrogen-bond donors (Lipinski definition) is 2. The van der Waals surface area contributed by atoms with E-state index in [9.17, 15) is 9.59 Å². The second-order valence-electron chi connectivity index (χ2n) is 8.42. The summed E-state index contributed by atoms with van der Waals surface area (Å²) in [6, 6.07) is 7.50. The third-order valence-electron chi connectivity index (χ3n) is 6.25. The van der Waals surface area contributed by atoms with Crippen LogP contribution < -0.4 is 20.1 Å². The van der Waals surface area contributed by atoms with Gasteiger partial charge in [-0.3, -0.25) is 14.6 Å². The standard InChI is InChI=1S/C23H24ClN3O4/c24-15-1-6-18-14(9-15)11-20(30-18)23(29)27-17-4-2-16(3-5-17)26-22(28)19-10-13-7-8-25-12-21(13)31-19/h1,6-9,12,16-17,19-20H,2-5,10-11H2,(H,26,28)(H,27,29). The van der Waals surface area contributed by atoms with E-state index in [0.29, 0.717) is 23.6 Å². The molecule has 1 saturated carbocycles. The number of ether oxygens (including phenoxy) is 2. The molecule has 1 aliphatic carbocycles. The lowest BCUT2D eigenvalue weighted by atomic mass is 9.90. The predicted octanol–water partition coefficient (Wildman–Crippen LogP) is 2.59. The number of pyridine rings is 1. The number of hydrogen-bond acceptors (Lipinski definition) is 5. The molecule has 1 aromatic heterocycles.